The Bertz CT molecular complexity index is 634. The molecule has 0 radical (unpaired) electrons. The average Bonchev–Trinajstić information content (AvgIpc) is 3.07. The lowest BCUT2D eigenvalue weighted by molar-refractivity contribution is 0.229. The molecule has 0 unspecified atom stereocenters. The summed E-state index contributed by atoms with van der Waals surface area (Å²) in [6.07, 6.45) is 4.18. The van der Waals surface area contributed by atoms with Crippen molar-refractivity contribution in [1.82, 2.24) is 25.4 Å². The van der Waals surface area contributed by atoms with Crippen molar-refractivity contribution in [2.45, 2.75) is 51.7 Å². The van der Waals surface area contributed by atoms with E-state index < -0.39 is 0 Å². The SMILES string of the molecule is Cc1nc2n(n1)CCC[C@@H]2NC(=O)N[C@@H](C)Cc1ccco1. The number of amides is 2. The third-order valence-corrected chi connectivity index (χ3v) is 3.75. The van der Waals surface area contributed by atoms with Crippen LogP contribution < -0.4 is 10.6 Å². The zero-order chi connectivity index (χ0) is 15.5. The summed E-state index contributed by atoms with van der Waals surface area (Å²) in [4.78, 5) is 16.6. The fourth-order valence-corrected chi connectivity index (χ4v) is 2.81. The van der Waals surface area contributed by atoms with Gasteiger partial charge in [-0.3, -0.25) is 0 Å². The van der Waals surface area contributed by atoms with E-state index in [9.17, 15) is 4.79 Å². The molecule has 0 saturated carbocycles. The number of hydrogen-bond donors (Lipinski definition) is 2. The second-order valence-electron chi connectivity index (χ2n) is 5.74. The van der Waals surface area contributed by atoms with E-state index in [1.165, 1.54) is 0 Å². The van der Waals surface area contributed by atoms with E-state index in [4.69, 9.17) is 4.42 Å². The molecule has 1 aliphatic heterocycles. The first kappa shape index (κ1) is 14.6. The highest BCUT2D eigenvalue weighted by Gasteiger charge is 2.25. The van der Waals surface area contributed by atoms with E-state index >= 15 is 0 Å². The van der Waals surface area contributed by atoms with Crippen LogP contribution in [0.25, 0.3) is 0 Å². The molecule has 0 fully saturated rings. The van der Waals surface area contributed by atoms with Crippen molar-refractivity contribution in [1.29, 1.82) is 0 Å². The van der Waals surface area contributed by atoms with Crippen LogP contribution in [0.3, 0.4) is 0 Å². The Kier molecular flexibility index (Phi) is 4.13. The quantitative estimate of drug-likeness (QED) is 0.904. The molecule has 118 valence electrons. The topological polar surface area (TPSA) is 85.0 Å². The largest absolute Gasteiger partial charge is 0.469 e. The second kappa shape index (κ2) is 6.21. The maximum atomic E-state index is 12.2. The summed E-state index contributed by atoms with van der Waals surface area (Å²) in [6.45, 7) is 4.69. The maximum Gasteiger partial charge on any atom is 0.315 e. The van der Waals surface area contributed by atoms with Crippen molar-refractivity contribution >= 4 is 6.03 Å². The number of nitrogens with one attached hydrogen (secondary N) is 2. The van der Waals surface area contributed by atoms with E-state index in [1.54, 1.807) is 6.26 Å². The Morgan fingerprint density at radius 1 is 1.59 bits per heavy atom. The molecule has 1 aliphatic rings. The molecule has 2 aromatic rings. The minimum atomic E-state index is -0.182. The molecule has 0 aromatic carbocycles. The van der Waals surface area contributed by atoms with Gasteiger partial charge < -0.3 is 15.1 Å². The number of aromatic nitrogens is 3. The van der Waals surface area contributed by atoms with E-state index in [0.717, 1.165) is 36.8 Å². The van der Waals surface area contributed by atoms with Gasteiger partial charge in [0.15, 0.2) is 0 Å². The summed E-state index contributed by atoms with van der Waals surface area (Å²) in [5, 5.41) is 10.3. The molecule has 2 aromatic heterocycles. The van der Waals surface area contributed by atoms with Gasteiger partial charge in [-0.15, -0.1) is 0 Å². The van der Waals surface area contributed by atoms with Crippen LogP contribution in [-0.4, -0.2) is 26.8 Å². The smallest absolute Gasteiger partial charge is 0.315 e. The highest BCUT2D eigenvalue weighted by atomic mass is 16.3. The van der Waals surface area contributed by atoms with Gasteiger partial charge in [0.1, 0.15) is 17.4 Å². The Morgan fingerprint density at radius 2 is 2.45 bits per heavy atom. The third kappa shape index (κ3) is 3.29. The normalized spacial score (nSPS) is 18.5. The first-order valence-corrected chi connectivity index (χ1v) is 7.62. The molecular formula is C15H21N5O2. The Labute approximate surface area is 129 Å². The van der Waals surface area contributed by atoms with Crippen LogP contribution in [-0.2, 0) is 13.0 Å². The van der Waals surface area contributed by atoms with Gasteiger partial charge in [0.2, 0.25) is 0 Å². The lowest BCUT2D eigenvalue weighted by Crippen LogP contribution is -2.44. The Hall–Kier alpha value is -2.31. The molecule has 0 spiro atoms. The van der Waals surface area contributed by atoms with E-state index in [0.29, 0.717) is 6.42 Å². The van der Waals surface area contributed by atoms with Gasteiger partial charge >= 0.3 is 6.03 Å². The first-order valence-electron chi connectivity index (χ1n) is 7.62. The molecule has 7 heteroatoms. The van der Waals surface area contributed by atoms with Crippen molar-refractivity contribution in [3.8, 4) is 0 Å². The van der Waals surface area contributed by atoms with Crippen LogP contribution in [0.1, 0.15) is 43.2 Å². The molecule has 3 heterocycles. The predicted molar refractivity (Wildman–Crippen MR) is 80.3 cm³/mol. The second-order valence-corrected chi connectivity index (χ2v) is 5.74. The number of carbonyl (C=O) groups is 1. The molecule has 3 rings (SSSR count). The Balaban J connectivity index is 1.56. The number of hydrogen-bond acceptors (Lipinski definition) is 4. The van der Waals surface area contributed by atoms with Gasteiger partial charge in [-0.2, -0.15) is 5.10 Å². The molecule has 7 nitrogen and oxygen atoms in total. The summed E-state index contributed by atoms with van der Waals surface area (Å²) in [5.74, 6) is 2.45. The van der Waals surface area contributed by atoms with Gasteiger partial charge in [0.05, 0.1) is 12.3 Å². The monoisotopic (exact) mass is 303 g/mol. The zero-order valence-electron chi connectivity index (χ0n) is 12.9. The average molecular weight is 303 g/mol. The fourth-order valence-electron chi connectivity index (χ4n) is 2.81. The van der Waals surface area contributed by atoms with Gasteiger partial charge in [-0.05, 0) is 38.8 Å². The number of aryl methyl sites for hydroxylation is 2. The predicted octanol–water partition coefficient (Wildman–Crippen LogP) is 1.94. The number of carbonyl (C=O) groups excluding carboxylic acids is 1. The standard InChI is InChI=1S/C15H21N5O2/c1-10(9-12-5-4-8-22-12)16-15(21)18-13-6-3-7-20-14(13)17-11(2)19-20/h4-5,8,10,13H,3,6-7,9H2,1-2H3,(H2,16,18,21)/t10-,13-/m0/s1. The minimum Gasteiger partial charge on any atom is -0.469 e. The van der Waals surface area contributed by atoms with Gasteiger partial charge in [-0.25, -0.2) is 14.5 Å². The lowest BCUT2D eigenvalue weighted by Gasteiger charge is -2.24. The summed E-state index contributed by atoms with van der Waals surface area (Å²) >= 11 is 0. The minimum absolute atomic E-state index is 0.00523. The molecule has 0 aliphatic carbocycles. The highest BCUT2D eigenvalue weighted by molar-refractivity contribution is 5.74. The molecule has 22 heavy (non-hydrogen) atoms. The lowest BCUT2D eigenvalue weighted by atomic mass is 10.1. The summed E-state index contributed by atoms with van der Waals surface area (Å²) in [5.41, 5.74) is 0. The number of nitrogens with zero attached hydrogens (tertiary/aromatic N) is 3. The van der Waals surface area contributed by atoms with Crippen LogP contribution in [0, 0.1) is 6.92 Å². The van der Waals surface area contributed by atoms with Crippen LogP contribution >= 0.6 is 0 Å². The van der Waals surface area contributed by atoms with E-state index in [-0.39, 0.29) is 18.1 Å². The van der Waals surface area contributed by atoms with Crippen LogP contribution in [0.4, 0.5) is 4.79 Å². The fraction of sp³-hybridized carbons (Fsp3) is 0.533. The highest BCUT2D eigenvalue weighted by Crippen LogP contribution is 2.22. The number of fused-ring (bicyclic) bond motifs is 1. The summed E-state index contributed by atoms with van der Waals surface area (Å²) in [6, 6.07) is 3.49. The van der Waals surface area contributed by atoms with Crippen molar-refractivity contribution in [2.75, 3.05) is 0 Å². The van der Waals surface area contributed by atoms with Gasteiger partial charge in [-0.1, -0.05) is 0 Å². The number of rotatable bonds is 4. The van der Waals surface area contributed by atoms with Crippen molar-refractivity contribution in [3.63, 3.8) is 0 Å². The van der Waals surface area contributed by atoms with Crippen molar-refractivity contribution in [3.05, 3.63) is 35.8 Å². The molecule has 2 amide bonds. The van der Waals surface area contributed by atoms with Crippen LogP contribution in [0.2, 0.25) is 0 Å². The molecule has 2 atom stereocenters. The summed E-state index contributed by atoms with van der Waals surface area (Å²) < 4.78 is 7.18. The van der Waals surface area contributed by atoms with Crippen LogP contribution in [0.5, 0.6) is 0 Å². The molecular weight excluding hydrogens is 282 g/mol. The van der Waals surface area contributed by atoms with Crippen molar-refractivity contribution < 1.29 is 9.21 Å². The van der Waals surface area contributed by atoms with E-state index in [2.05, 4.69) is 20.7 Å². The zero-order valence-corrected chi connectivity index (χ0v) is 12.9. The maximum absolute atomic E-state index is 12.2. The first-order chi connectivity index (χ1) is 10.6. The molecule has 0 saturated heterocycles. The van der Waals surface area contributed by atoms with E-state index in [1.807, 2.05) is 30.7 Å². The molecule has 2 N–H and O–H groups in total. The molecule has 0 bridgehead atoms. The third-order valence-electron chi connectivity index (χ3n) is 3.75. The number of urea groups is 1. The van der Waals surface area contributed by atoms with Gasteiger partial charge in [0, 0.05) is 19.0 Å². The van der Waals surface area contributed by atoms with Gasteiger partial charge in [0.25, 0.3) is 0 Å². The number of furan rings is 1. The van der Waals surface area contributed by atoms with Crippen molar-refractivity contribution in [2.24, 2.45) is 0 Å². The Morgan fingerprint density at radius 3 is 3.23 bits per heavy atom. The van der Waals surface area contributed by atoms with Crippen LogP contribution in [0.15, 0.2) is 22.8 Å². The summed E-state index contributed by atoms with van der Waals surface area (Å²) in [7, 11) is 0.